The van der Waals surface area contributed by atoms with Gasteiger partial charge in [0.2, 0.25) is 5.95 Å². The average molecular weight is 196 g/mol. The van der Waals surface area contributed by atoms with Crippen molar-refractivity contribution >= 4 is 5.95 Å². The molecule has 0 saturated carbocycles. The summed E-state index contributed by atoms with van der Waals surface area (Å²) in [6.45, 7) is 1.82. The first kappa shape index (κ1) is 9.48. The molecule has 1 aromatic rings. The van der Waals surface area contributed by atoms with Gasteiger partial charge in [0, 0.05) is 39.6 Å². The summed E-state index contributed by atoms with van der Waals surface area (Å²) in [5, 5.41) is 6.64. The van der Waals surface area contributed by atoms with Crippen LogP contribution in [0.2, 0.25) is 0 Å². The molecule has 0 bridgehead atoms. The second kappa shape index (κ2) is 3.98. The fourth-order valence-electron chi connectivity index (χ4n) is 1.72. The Bertz CT molecular complexity index is 299. The molecule has 1 fully saturated rings. The number of imidazole rings is 1. The second-order valence-electron chi connectivity index (χ2n) is 3.54. The van der Waals surface area contributed by atoms with E-state index in [-0.39, 0.29) is 6.10 Å². The van der Waals surface area contributed by atoms with Crippen LogP contribution in [-0.4, -0.2) is 41.9 Å². The molecule has 0 aliphatic carbocycles. The standard InChI is InChI=1S/C9H16N4O/c1-13-4-3-11-9(13)12-7-5-10-6-8(7)14-2/h3-4,7-8,10H,5-6H2,1-2H3,(H,11,12). The lowest BCUT2D eigenvalue weighted by Gasteiger charge is -2.18. The Balaban J connectivity index is 2.00. The Kier molecular flexibility index (Phi) is 2.69. The largest absolute Gasteiger partial charge is 0.378 e. The van der Waals surface area contributed by atoms with Crippen LogP contribution in [0.3, 0.4) is 0 Å². The fourth-order valence-corrected chi connectivity index (χ4v) is 1.72. The van der Waals surface area contributed by atoms with Crippen molar-refractivity contribution in [3.05, 3.63) is 12.4 Å². The van der Waals surface area contributed by atoms with Crippen LogP contribution < -0.4 is 10.6 Å². The monoisotopic (exact) mass is 196 g/mol. The van der Waals surface area contributed by atoms with Crippen molar-refractivity contribution in [2.45, 2.75) is 12.1 Å². The van der Waals surface area contributed by atoms with Gasteiger partial charge in [-0.15, -0.1) is 0 Å². The minimum absolute atomic E-state index is 0.228. The number of rotatable bonds is 3. The highest BCUT2D eigenvalue weighted by molar-refractivity contribution is 5.28. The van der Waals surface area contributed by atoms with Crippen LogP contribution in [0.4, 0.5) is 5.95 Å². The van der Waals surface area contributed by atoms with Crippen molar-refractivity contribution in [1.82, 2.24) is 14.9 Å². The minimum Gasteiger partial charge on any atom is -0.378 e. The lowest BCUT2D eigenvalue weighted by molar-refractivity contribution is 0.111. The maximum absolute atomic E-state index is 5.35. The molecule has 78 valence electrons. The third-order valence-electron chi connectivity index (χ3n) is 2.60. The predicted molar refractivity (Wildman–Crippen MR) is 54.3 cm³/mol. The second-order valence-corrected chi connectivity index (χ2v) is 3.54. The maximum Gasteiger partial charge on any atom is 0.202 e. The first-order valence-corrected chi connectivity index (χ1v) is 4.78. The van der Waals surface area contributed by atoms with Crippen LogP contribution in [-0.2, 0) is 11.8 Å². The van der Waals surface area contributed by atoms with E-state index in [1.54, 1.807) is 13.3 Å². The molecule has 5 heteroatoms. The van der Waals surface area contributed by atoms with Crippen LogP contribution in [0, 0.1) is 0 Å². The molecule has 14 heavy (non-hydrogen) atoms. The van der Waals surface area contributed by atoms with E-state index in [4.69, 9.17) is 4.74 Å². The smallest absolute Gasteiger partial charge is 0.202 e. The molecular formula is C9H16N4O. The summed E-state index contributed by atoms with van der Waals surface area (Å²) in [6.07, 6.45) is 3.94. The average Bonchev–Trinajstić information content (AvgIpc) is 2.77. The number of hydrogen-bond donors (Lipinski definition) is 2. The highest BCUT2D eigenvalue weighted by Crippen LogP contribution is 2.10. The fraction of sp³-hybridized carbons (Fsp3) is 0.667. The zero-order chi connectivity index (χ0) is 9.97. The first-order valence-electron chi connectivity index (χ1n) is 4.78. The summed E-state index contributed by atoms with van der Waals surface area (Å²) in [6, 6.07) is 0.307. The summed E-state index contributed by atoms with van der Waals surface area (Å²) in [4.78, 5) is 4.22. The van der Waals surface area contributed by atoms with Crippen molar-refractivity contribution in [1.29, 1.82) is 0 Å². The SMILES string of the molecule is COC1CNCC1Nc1nccn1C. The van der Waals surface area contributed by atoms with E-state index in [0.717, 1.165) is 19.0 Å². The molecule has 2 N–H and O–H groups in total. The molecule has 1 aromatic heterocycles. The number of nitrogens with zero attached hydrogens (tertiary/aromatic N) is 2. The summed E-state index contributed by atoms with van der Waals surface area (Å²) >= 11 is 0. The third kappa shape index (κ3) is 1.73. The Morgan fingerprint density at radius 2 is 2.50 bits per heavy atom. The van der Waals surface area contributed by atoms with Gasteiger partial charge in [-0.05, 0) is 0 Å². The number of aromatic nitrogens is 2. The molecule has 2 unspecified atom stereocenters. The zero-order valence-electron chi connectivity index (χ0n) is 8.53. The van der Waals surface area contributed by atoms with Crippen molar-refractivity contribution < 1.29 is 4.74 Å². The molecule has 0 aromatic carbocycles. The highest BCUT2D eigenvalue weighted by Gasteiger charge is 2.27. The predicted octanol–water partition coefficient (Wildman–Crippen LogP) is -0.181. The topological polar surface area (TPSA) is 51.1 Å². The number of methoxy groups -OCH3 is 1. The number of ether oxygens (including phenoxy) is 1. The molecule has 2 atom stereocenters. The van der Waals surface area contributed by atoms with Crippen LogP contribution >= 0.6 is 0 Å². The summed E-state index contributed by atoms with van der Waals surface area (Å²) in [5.41, 5.74) is 0. The van der Waals surface area contributed by atoms with E-state index >= 15 is 0 Å². The van der Waals surface area contributed by atoms with Gasteiger partial charge in [-0.3, -0.25) is 0 Å². The van der Waals surface area contributed by atoms with E-state index < -0.39 is 0 Å². The molecule has 1 saturated heterocycles. The van der Waals surface area contributed by atoms with Gasteiger partial charge in [0.25, 0.3) is 0 Å². The normalized spacial score (nSPS) is 26.7. The summed E-state index contributed by atoms with van der Waals surface area (Å²) < 4.78 is 7.31. The number of anilines is 1. The van der Waals surface area contributed by atoms with E-state index in [1.807, 2.05) is 17.8 Å². The number of hydrogen-bond acceptors (Lipinski definition) is 4. The number of nitrogens with one attached hydrogen (secondary N) is 2. The Hall–Kier alpha value is -1.07. The molecule has 1 aliphatic heterocycles. The van der Waals surface area contributed by atoms with Crippen molar-refractivity contribution in [3.8, 4) is 0 Å². The highest BCUT2D eigenvalue weighted by atomic mass is 16.5. The number of aryl methyl sites for hydroxylation is 1. The van der Waals surface area contributed by atoms with Gasteiger partial charge in [0.15, 0.2) is 0 Å². The summed E-state index contributed by atoms with van der Waals surface area (Å²) in [7, 11) is 3.71. The molecular weight excluding hydrogens is 180 g/mol. The van der Waals surface area contributed by atoms with Crippen molar-refractivity contribution in [2.24, 2.45) is 7.05 Å². The lowest BCUT2D eigenvalue weighted by Crippen LogP contribution is -2.34. The molecule has 1 aliphatic rings. The third-order valence-corrected chi connectivity index (χ3v) is 2.60. The van der Waals surface area contributed by atoms with E-state index in [0.29, 0.717) is 6.04 Å². The van der Waals surface area contributed by atoms with E-state index in [2.05, 4.69) is 15.6 Å². The zero-order valence-corrected chi connectivity index (χ0v) is 8.53. The molecule has 0 radical (unpaired) electrons. The van der Waals surface area contributed by atoms with Crippen LogP contribution in [0.5, 0.6) is 0 Å². The molecule has 0 spiro atoms. The van der Waals surface area contributed by atoms with Crippen LogP contribution in [0.15, 0.2) is 12.4 Å². The summed E-state index contributed by atoms with van der Waals surface area (Å²) in [5.74, 6) is 0.890. The van der Waals surface area contributed by atoms with Gasteiger partial charge in [0.1, 0.15) is 0 Å². The molecule has 0 amide bonds. The first-order chi connectivity index (χ1) is 6.81. The molecule has 2 rings (SSSR count). The molecule has 2 heterocycles. The van der Waals surface area contributed by atoms with Gasteiger partial charge in [0.05, 0.1) is 12.1 Å². The lowest BCUT2D eigenvalue weighted by atomic mass is 10.2. The quantitative estimate of drug-likeness (QED) is 0.704. The minimum atomic E-state index is 0.228. The Morgan fingerprint density at radius 3 is 3.14 bits per heavy atom. The Labute approximate surface area is 83.5 Å². The van der Waals surface area contributed by atoms with E-state index in [1.165, 1.54) is 0 Å². The van der Waals surface area contributed by atoms with Crippen molar-refractivity contribution in [2.75, 3.05) is 25.5 Å². The van der Waals surface area contributed by atoms with E-state index in [9.17, 15) is 0 Å². The molecule has 5 nitrogen and oxygen atoms in total. The van der Waals surface area contributed by atoms with Gasteiger partial charge >= 0.3 is 0 Å². The van der Waals surface area contributed by atoms with Gasteiger partial charge in [-0.2, -0.15) is 0 Å². The van der Waals surface area contributed by atoms with Gasteiger partial charge in [-0.1, -0.05) is 0 Å². The van der Waals surface area contributed by atoms with Crippen molar-refractivity contribution in [3.63, 3.8) is 0 Å². The maximum atomic E-state index is 5.35. The Morgan fingerprint density at radius 1 is 1.64 bits per heavy atom. The van der Waals surface area contributed by atoms with Gasteiger partial charge < -0.3 is 19.9 Å². The van der Waals surface area contributed by atoms with Crippen LogP contribution in [0.25, 0.3) is 0 Å². The van der Waals surface area contributed by atoms with Gasteiger partial charge in [-0.25, -0.2) is 4.98 Å². The van der Waals surface area contributed by atoms with Crippen LogP contribution in [0.1, 0.15) is 0 Å².